The summed E-state index contributed by atoms with van der Waals surface area (Å²) in [5.74, 6) is 0.575. The molecule has 1 aliphatic rings. The third-order valence-corrected chi connectivity index (χ3v) is 3.30. The van der Waals surface area contributed by atoms with E-state index in [1.54, 1.807) is 12.3 Å². The second-order valence-corrected chi connectivity index (χ2v) is 4.90. The van der Waals surface area contributed by atoms with E-state index in [9.17, 15) is 4.79 Å². The molecular formula is C14H22N4O. The molecule has 0 aromatic carbocycles. The summed E-state index contributed by atoms with van der Waals surface area (Å²) >= 11 is 0. The molecule has 2 rings (SSSR count). The van der Waals surface area contributed by atoms with Crippen LogP contribution in [0.3, 0.4) is 0 Å². The first-order chi connectivity index (χ1) is 9.31. The van der Waals surface area contributed by atoms with Crippen molar-refractivity contribution in [2.24, 2.45) is 0 Å². The van der Waals surface area contributed by atoms with Crippen LogP contribution in [0, 0.1) is 0 Å². The predicted molar refractivity (Wildman–Crippen MR) is 75.3 cm³/mol. The fraction of sp³-hybridized carbons (Fsp3) is 0.643. The van der Waals surface area contributed by atoms with E-state index in [0.29, 0.717) is 18.2 Å². The Hall–Kier alpha value is -1.65. The zero-order chi connectivity index (χ0) is 13.5. The maximum atomic E-state index is 11.9. The summed E-state index contributed by atoms with van der Waals surface area (Å²) in [5, 5.41) is 2.84. The third kappa shape index (κ3) is 3.91. The van der Waals surface area contributed by atoms with Gasteiger partial charge >= 0.3 is 0 Å². The Bertz CT molecular complexity index is 414. The fourth-order valence-corrected chi connectivity index (χ4v) is 2.23. The van der Waals surface area contributed by atoms with Crippen molar-refractivity contribution < 1.29 is 4.79 Å². The first kappa shape index (κ1) is 13.8. The van der Waals surface area contributed by atoms with Gasteiger partial charge in [-0.05, 0) is 25.3 Å². The van der Waals surface area contributed by atoms with E-state index in [2.05, 4.69) is 20.2 Å². The first-order valence-corrected chi connectivity index (χ1v) is 7.17. The van der Waals surface area contributed by atoms with Gasteiger partial charge in [-0.3, -0.25) is 4.79 Å². The molecule has 5 heteroatoms. The van der Waals surface area contributed by atoms with Crippen LogP contribution in [0.25, 0.3) is 0 Å². The Morgan fingerprint density at radius 3 is 2.74 bits per heavy atom. The number of amides is 1. The van der Waals surface area contributed by atoms with Gasteiger partial charge in [-0.2, -0.15) is 0 Å². The van der Waals surface area contributed by atoms with Crippen molar-refractivity contribution in [1.29, 1.82) is 0 Å². The average molecular weight is 262 g/mol. The molecule has 1 N–H and O–H groups in total. The molecule has 0 aliphatic carbocycles. The molecule has 1 saturated heterocycles. The molecule has 1 aromatic rings. The zero-order valence-electron chi connectivity index (χ0n) is 11.6. The molecule has 19 heavy (non-hydrogen) atoms. The van der Waals surface area contributed by atoms with Crippen molar-refractivity contribution in [3.63, 3.8) is 0 Å². The maximum Gasteiger partial charge on any atom is 0.270 e. The Morgan fingerprint density at radius 1 is 1.32 bits per heavy atom. The van der Waals surface area contributed by atoms with Gasteiger partial charge in [-0.15, -0.1) is 0 Å². The number of carbonyl (C=O) groups is 1. The molecule has 104 valence electrons. The van der Waals surface area contributed by atoms with Crippen LogP contribution in [0.4, 0.5) is 5.95 Å². The lowest BCUT2D eigenvalue weighted by Gasteiger charge is -2.20. The molecule has 0 spiro atoms. The van der Waals surface area contributed by atoms with E-state index in [1.807, 2.05) is 6.92 Å². The van der Waals surface area contributed by atoms with Gasteiger partial charge < -0.3 is 10.2 Å². The summed E-state index contributed by atoms with van der Waals surface area (Å²) in [5.41, 5.74) is 0.461. The summed E-state index contributed by atoms with van der Waals surface area (Å²) in [6, 6.07) is 1.67. The number of nitrogens with zero attached hydrogens (tertiary/aromatic N) is 3. The van der Waals surface area contributed by atoms with Crippen LogP contribution in [-0.2, 0) is 0 Å². The van der Waals surface area contributed by atoms with Gasteiger partial charge in [0, 0.05) is 25.8 Å². The van der Waals surface area contributed by atoms with Crippen molar-refractivity contribution in [2.45, 2.75) is 39.0 Å². The molecular weight excluding hydrogens is 240 g/mol. The highest BCUT2D eigenvalue weighted by molar-refractivity contribution is 5.92. The van der Waals surface area contributed by atoms with Crippen molar-refractivity contribution >= 4 is 11.9 Å². The van der Waals surface area contributed by atoms with E-state index in [0.717, 1.165) is 19.5 Å². The second kappa shape index (κ2) is 7.07. The van der Waals surface area contributed by atoms with E-state index >= 15 is 0 Å². The molecule has 1 amide bonds. The molecule has 0 unspecified atom stereocenters. The minimum absolute atomic E-state index is 0.111. The van der Waals surface area contributed by atoms with Crippen LogP contribution in [-0.4, -0.2) is 35.5 Å². The Morgan fingerprint density at radius 2 is 2.05 bits per heavy atom. The SMILES string of the molecule is CCCNC(=O)c1ccnc(N2CCCCCC2)n1. The number of aromatic nitrogens is 2. The lowest BCUT2D eigenvalue weighted by Crippen LogP contribution is -2.29. The highest BCUT2D eigenvalue weighted by Crippen LogP contribution is 2.15. The van der Waals surface area contributed by atoms with E-state index < -0.39 is 0 Å². The quantitative estimate of drug-likeness (QED) is 0.901. The monoisotopic (exact) mass is 262 g/mol. The predicted octanol–water partition coefficient (Wildman–Crippen LogP) is 2.00. The van der Waals surface area contributed by atoms with Crippen molar-refractivity contribution in [1.82, 2.24) is 15.3 Å². The molecule has 2 heterocycles. The molecule has 0 bridgehead atoms. The summed E-state index contributed by atoms with van der Waals surface area (Å²) in [6.45, 7) is 4.69. The molecule has 0 atom stereocenters. The molecule has 1 aliphatic heterocycles. The zero-order valence-corrected chi connectivity index (χ0v) is 11.6. The van der Waals surface area contributed by atoms with Crippen molar-refractivity contribution in [3.8, 4) is 0 Å². The first-order valence-electron chi connectivity index (χ1n) is 7.17. The lowest BCUT2D eigenvalue weighted by atomic mass is 10.2. The minimum Gasteiger partial charge on any atom is -0.351 e. The number of anilines is 1. The molecule has 0 radical (unpaired) electrons. The molecule has 0 saturated carbocycles. The molecule has 5 nitrogen and oxygen atoms in total. The molecule has 1 fully saturated rings. The van der Waals surface area contributed by atoms with Crippen LogP contribution in [0.1, 0.15) is 49.5 Å². The number of hydrogen-bond donors (Lipinski definition) is 1. The van der Waals surface area contributed by atoms with E-state index in [4.69, 9.17) is 0 Å². The topological polar surface area (TPSA) is 58.1 Å². The third-order valence-electron chi connectivity index (χ3n) is 3.30. The van der Waals surface area contributed by atoms with Gasteiger partial charge in [0.1, 0.15) is 5.69 Å². The summed E-state index contributed by atoms with van der Waals surface area (Å²) < 4.78 is 0. The van der Waals surface area contributed by atoms with Crippen LogP contribution < -0.4 is 10.2 Å². The summed E-state index contributed by atoms with van der Waals surface area (Å²) in [7, 11) is 0. The highest BCUT2D eigenvalue weighted by atomic mass is 16.1. The van der Waals surface area contributed by atoms with Crippen molar-refractivity contribution in [3.05, 3.63) is 18.0 Å². The number of carbonyl (C=O) groups excluding carboxylic acids is 1. The number of rotatable bonds is 4. The maximum absolute atomic E-state index is 11.9. The smallest absolute Gasteiger partial charge is 0.270 e. The van der Waals surface area contributed by atoms with E-state index in [1.165, 1.54) is 25.7 Å². The summed E-state index contributed by atoms with van der Waals surface area (Å²) in [4.78, 5) is 22.8. The largest absolute Gasteiger partial charge is 0.351 e. The molecule has 1 aromatic heterocycles. The Kier molecular flexibility index (Phi) is 5.12. The Labute approximate surface area is 114 Å². The average Bonchev–Trinajstić information content (AvgIpc) is 2.74. The van der Waals surface area contributed by atoms with Gasteiger partial charge in [-0.25, -0.2) is 9.97 Å². The Balaban J connectivity index is 2.07. The standard InChI is InChI=1S/C14H22N4O/c1-2-8-15-13(19)12-7-9-16-14(17-12)18-10-5-3-4-6-11-18/h7,9H,2-6,8,10-11H2,1H3,(H,15,19). The van der Waals surface area contributed by atoms with Gasteiger partial charge in [0.25, 0.3) is 5.91 Å². The fourth-order valence-electron chi connectivity index (χ4n) is 2.23. The number of hydrogen-bond acceptors (Lipinski definition) is 4. The van der Waals surface area contributed by atoms with Crippen LogP contribution in [0.5, 0.6) is 0 Å². The van der Waals surface area contributed by atoms with Crippen LogP contribution in [0.2, 0.25) is 0 Å². The van der Waals surface area contributed by atoms with Crippen LogP contribution in [0.15, 0.2) is 12.3 Å². The second-order valence-electron chi connectivity index (χ2n) is 4.90. The summed E-state index contributed by atoms with van der Waals surface area (Å²) in [6.07, 6.45) is 7.50. The number of nitrogens with one attached hydrogen (secondary N) is 1. The lowest BCUT2D eigenvalue weighted by molar-refractivity contribution is 0.0948. The van der Waals surface area contributed by atoms with Gasteiger partial charge in [0.15, 0.2) is 0 Å². The van der Waals surface area contributed by atoms with Crippen LogP contribution >= 0.6 is 0 Å². The highest BCUT2D eigenvalue weighted by Gasteiger charge is 2.14. The van der Waals surface area contributed by atoms with Gasteiger partial charge in [0.2, 0.25) is 5.95 Å². The van der Waals surface area contributed by atoms with Crippen molar-refractivity contribution in [2.75, 3.05) is 24.5 Å². The van der Waals surface area contributed by atoms with Gasteiger partial charge in [-0.1, -0.05) is 19.8 Å². The van der Waals surface area contributed by atoms with Gasteiger partial charge in [0.05, 0.1) is 0 Å². The normalized spacial score (nSPS) is 15.9. The minimum atomic E-state index is -0.111. The van der Waals surface area contributed by atoms with E-state index in [-0.39, 0.29) is 5.91 Å².